The summed E-state index contributed by atoms with van der Waals surface area (Å²) in [6.45, 7) is 6.38. The second kappa shape index (κ2) is 7.21. The van der Waals surface area contributed by atoms with Crippen molar-refractivity contribution >= 4 is 11.7 Å². The van der Waals surface area contributed by atoms with Crippen LogP contribution in [0.4, 0.5) is 5.82 Å². The molecule has 20 heavy (non-hydrogen) atoms. The first-order valence-corrected chi connectivity index (χ1v) is 7.07. The highest BCUT2D eigenvalue weighted by molar-refractivity contribution is 5.78. The van der Waals surface area contributed by atoms with Crippen LogP contribution in [0.1, 0.15) is 6.92 Å². The number of pyridine rings is 1. The van der Waals surface area contributed by atoms with Crippen molar-refractivity contribution in [1.29, 1.82) is 0 Å². The fraction of sp³-hybridized carbons (Fsp3) is 0.571. The van der Waals surface area contributed by atoms with Crippen LogP contribution in [0.5, 0.6) is 0 Å². The molecule has 3 N–H and O–H groups in total. The lowest BCUT2D eigenvalue weighted by molar-refractivity contribution is -0.122. The van der Waals surface area contributed by atoms with E-state index in [0.717, 1.165) is 32.0 Å². The van der Waals surface area contributed by atoms with E-state index in [1.54, 1.807) is 0 Å². The Hall–Kier alpha value is -1.66. The maximum absolute atomic E-state index is 11.8. The molecule has 0 bridgehead atoms. The van der Waals surface area contributed by atoms with Gasteiger partial charge in [-0.25, -0.2) is 4.98 Å². The molecule has 1 amide bonds. The maximum Gasteiger partial charge on any atom is 0.234 e. The molecule has 0 aliphatic carbocycles. The second-order valence-electron chi connectivity index (χ2n) is 5.16. The molecule has 1 saturated heterocycles. The van der Waals surface area contributed by atoms with Crippen molar-refractivity contribution in [1.82, 2.24) is 15.2 Å². The summed E-state index contributed by atoms with van der Waals surface area (Å²) in [5, 5.41) is 2.89. The minimum atomic E-state index is 0.0392. The van der Waals surface area contributed by atoms with Crippen LogP contribution in [-0.2, 0) is 4.79 Å². The monoisotopic (exact) mass is 277 g/mol. The van der Waals surface area contributed by atoms with Crippen molar-refractivity contribution in [3.63, 3.8) is 0 Å². The first kappa shape index (κ1) is 14.7. The Balaban J connectivity index is 1.76. The average Bonchev–Trinajstić information content (AvgIpc) is 2.48. The minimum absolute atomic E-state index is 0.0392. The molecule has 110 valence electrons. The van der Waals surface area contributed by atoms with E-state index < -0.39 is 0 Å². The van der Waals surface area contributed by atoms with Crippen LogP contribution in [0, 0.1) is 0 Å². The number of amides is 1. The molecule has 0 aromatic carbocycles. The molecule has 1 aromatic rings. The molecule has 0 radical (unpaired) electrons. The number of nitrogens with two attached hydrogens (primary N) is 1. The molecule has 0 spiro atoms. The third kappa shape index (κ3) is 4.18. The zero-order valence-electron chi connectivity index (χ0n) is 12.0. The van der Waals surface area contributed by atoms with Crippen LogP contribution >= 0.6 is 0 Å². The highest BCUT2D eigenvalue weighted by Crippen LogP contribution is 2.12. The highest BCUT2D eigenvalue weighted by atomic mass is 16.2. The van der Waals surface area contributed by atoms with Crippen molar-refractivity contribution in [2.75, 3.05) is 44.2 Å². The standard InChI is InChI=1S/C14H23N5O/c1-12(10-15)17-14(20)11-18-6-8-19(9-7-18)13-4-2-3-5-16-13/h2-5,12H,6-11,15H2,1H3,(H,17,20)/t12-/m0/s1. The summed E-state index contributed by atoms with van der Waals surface area (Å²) in [6.07, 6.45) is 1.81. The Labute approximate surface area is 120 Å². The quantitative estimate of drug-likeness (QED) is 0.771. The van der Waals surface area contributed by atoms with E-state index in [1.165, 1.54) is 0 Å². The number of anilines is 1. The van der Waals surface area contributed by atoms with E-state index in [1.807, 2.05) is 31.3 Å². The lowest BCUT2D eigenvalue weighted by Crippen LogP contribution is -2.51. The van der Waals surface area contributed by atoms with Crippen LogP contribution in [0.15, 0.2) is 24.4 Å². The van der Waals surface area contributed by atoms with E-state index in [2.05, 4.69) is 20.1 Å². The molecule has 6 heteroatoms. The Kier molecular flexibility index (Phi) is 5.31. The van der Waals surface area contributed by atoms with Gasteiger partial charge in [-0.05, 0) is 19.1 Å². The topological polar surface area (TPSA) is 74.5 Å². The number of piperazine rings is 1. The number of aromatic nitrogens is 1. The lowest BCUT2D eigenvalue weighted by Gasteiger charge is -2.35. The predicted molar refractivity (Wildman–Crippen MR) is 79.5 cm³/mol. The van der Waals surface area contributed by atoms with Crippen LogP contribution in [0.2, 0.25) is 0 Å². The van der Waals surface area contributed by atoms with Gasteiger partial charge in [-0.2, -0.15) is 0 Å². The van der Waals surface area contributed by atoms with Crippen LogP contribution < -0.4 is 16.0 Å². The molecule has 2 heterocycles. The van der Waals surface area contributed by atoms with Gasteiger partial charge in [-0.3, -0.25) is 9.69 Å². The van der Waals surface area contributed by atoms with E-state index in [9.17, 15) is 4.79 Å². The summed E-state index contributed by atoms with van der Waals surface area (Å²) in [5.41, 5.74) is 5.49. The number of carbonyl (C=O) groups is 1. The highest BCUT2D eigenvalue weighted by Gasteiger charge is 2.19. The van der Waals surface area contributed by atoms with Crippen LogP contribution in [0.3, 0.4) is 0 Å². The van der Waals surface area contributed by atoms with Gasteiger partial charge in [0, 0.05) is 45.0 Å². The fourth-order valence-corrected chi connectivity index (χ4v) is 2.26. The summed E-state index contributed by atoms with van der Waals surface area (Å²) in [4.78, 5) is 20.6. The van der Waals surface area contributed by atoms with Gasteiger partial charge in [-0.15, -0.1) is 0 Å². The summed E-state index contributed by atoms with van der Waals surface area (Å²) >= 11 is 0. The van der Waals surface area contributed by atoms with Gasteiger partial charge in [0.05, 0.1) is 6.54 Å². The molecule has 1 aliphatic heterocycles. The molecule has 1 aliphatic rings. The van der Waals surface area contributed by atoms with E-state index in [4.69, 9.17) is 5.73 Å². The van der Waals surface area contributed by atoms with Gasteiger partial charge in [0.25, 0.3) is 0 Å². The minimum Gasteiger partial charge on any atom is -0.354 e. The van der Waals surface area contributed by atoms with Crippen LogP contribution in [0.25, 0.3) is 0 Å². The summed E-state index contributed by atoms with van der Waals surface area (Å²) in [6, 6.07) is 5.97. The zero-order valence-corrected chi connectivity index (χ0v) is 12.0. The summed E-state index contributed by atoms with van der Waals surface area (Å²) in [5.74, 6) is 1.06. The van der Waals surface area contributed by atoms with Crippen molar-refractivity contribution in [3.8, 4) is 0 Å². The number of hydrogen-bond donors (Lipinski definition) is 2. The number of hydrogen-bond acceptors (Lipinski definition) is 5. The first-order chi connectivity index (χ1) is 9.69. The largest absolute Gasteiger partial charge is 0.354 e. The predicted octanol–water partition coefficient (Wildman–Crippen LogP) is -0.333. The number of carbonyl (C=O) groups excluding carboxylic acids is 1. The molecule has 2 rings (SSSR count). The SMILES string of the molecule is C[C@@H](CN)NC(=O)CN1CCN(c2ccccn2)CC1. The molecular weight excluding hydrogens is 254 g/mol. The van der Waals surface area contributed by atoms with Crippen molar-refractivity contribution < 1.29 is 4.79 Å². The fourth-order valence-electron chi connectivity index (χ4n) is 2.26. The maximum atomic E-state index is 11.8. The van der Waals surface area contributed by atoms with Gasteiger partial charge in [0.15, 0.2) is 0 Å². The van der Waals surface area contributed by atoms with Crippen molar-refractivity contribution in [3.05, 3.63) is 24.4 Å². The zero-order chi connectivity index (χ0) is 14.4. The molecule has 1 atom stereocenters. The first-order valence-electron chi connectivity index (χ1n) is 7.07. The van der Waals surface area contributed by atoms with Gasteiger partial charge >= 0.3 is 0 Å². The Morgan fingerprint density at radius 2 is 2.15 bits per heavy atom. The summed E-state index contributed by atoms with van der Waals surface area (Å²) in [7, 11) is 0. The normalized spacial score (nSPS) is 17.8. The number of nitrogens with zero attached hydrogens (tertiary/aromatic N) is 3. The van der Waals surface area contributed by atoms with E-state index in [-0.39, 0.29) is 11.9 Å². The average molecular weight is 277 g/mol. The van der Waals surface area contributed by atoms with Gasteiger partial charge < -0.3 is 16.0 Å². The van der Waals surface area contributed by atoms with Crippen molar-refractivity contribution in [2.45, 2.75) is 13.0 Å². The van der Waals surface area contributed by atoms with Gasteiger partial charge in [0.1, 0.15) is 5.82 Å². The van der Waals surface area contributed by atoms with Crippen molar-refractivity contribution in [2.24, 2.45) is 5.73 Å². The molecule has 6 nitrogen and oxygen atoms in total. The Morgan fingerprint density at radius 3 is 2.75 bits per heavy atom. The van der Waals surface area contributed by atoms with Crippen LogP contribution in [-0.4, -0.2) is 61.1 Å². The third-order valence-corrected chi connectivity index (χ3v) is 3.47. The third-order valence-electron chi connectivity index (χ3n) is 3.47. The smallest absolute Gasteiger partial charge is 0.234 e. The molecule has 0 saturated carbocycles. The lowest BCUT2D eigenvalue weighted by atomic mass is 10.3. The Bertz CT molecular complexity index is 417. The van der Waals surface area contributed by atoms with Gasteiger partial charge in [-0.1, -0.05) is 6.07 Å². The number of rotatable bonds is 5. The van der Waals surface area contributed by atoms with E-state index in [0.29, 0.717) is 13.1 Å². The van der Waals surface area contributed by atoms with Gasteiger partial charge in [0.2, 0.25) is 5.91 Å². The summed E-state index contributed by atoms with van der Waals surface area (Å²) < 4.78 is 0. The second-order valence-corrected chi connectivity index (χ2v) is 5.16. The number of nitrogens with one attached hydrogen (secondary N) is 1. The Morgan fingerprint density at radius 1 is 1.40 bits per heavy atom. The molecule has 0 unspecified atom stereocenters. The molecule has 1 fully saturated rings. The molecule has 1 aromatic heterocycles. The molecular formula is C14H23N5O. The van der Waals surface area contributed by atoms with E-state index >= 15 is 0 Å².